The highest BCUT2D eigenvalue weighted by atomic mass is 16.6. The number of aromatic nitrogens is 1. The van der Waals surface area contributed by atoms with Crippen molar-refractivity contribution in [3.63, 3.8) is 0 Å². The number of amides is 2. The van der Waals surface area contributed by atoms with Crippen LogP contribution in [-0.4, -0.2) is 47.9 Å². The Kier molecular flexibility index (Phi) is 5.35. The number of carbonyl (C=O) groups is 4. The van der Waals surface area contributed by atoms with Crippen molar-refractivity contribution in [1.82, 2.24) is 10.5 Å². The van der Waals surface area contributed by atoms with Gasteiger partial charge in [-0.25, -0.2) is 4.79 Å². The molecule has 1 aromatic heterocycles. The molecule has 1 unspecified atom stereocenters. The molecule has 9 nitrogen and oxygen atoms in total. The number of hydrogen-bond donors (Lipinski definition) is 1. The highest BCUT2D eigenvalue weighted by Crippen LogP contribution is 2.34. The van der Waals surface area contributed by atoms with Gasteiger partial charge < -0.3 is 14.6 Å². The molecule has 2 aromatic rings. The van der Waals surface area contributed by atoms with Gasteiger partial charge in [0, 0.05) is 25.1 Å². The molecule has 1 aliphatic heterocycles. The standard InChI is InChI=1S/C21H21N3O6/c1-12(25)22-10-15-11-24(21(28)29-15)14-5-6-16-13(9-14)3-2-4-17(26)19(16)20(27)18-7-8-23-30-18/h5-9,15,19H,2-4,10-11H2,1H3,(H,22,25)/t15-,19?/m0/s1. The molecular formula is C21H21N3O6. The van der Waals surface area contributed by atoms with Gasteiger partial charge in [-0.15, -0.1) is 0 Å². The number of cyclic esters (lactones) is 1. The maximum absolute atomic E-state index is 12.9. The zero-order valence-electron chi connectivity index (χ0n) is 16.4. The predicted octanol–water partition coefficient (Wildman–Crippen LogP) is 2.01. The second-order valence-corrected chi connectivity index (χ2v) is 7.43. The topological polar surface area (TPSA) is 119 Å². The van der Waals surface area contributed by atoms with Crippen LogP contribution in [0.4, 0.5) is 10.5 Å². The normalized spacial score (nSPS) is 21.0. The second-order valence-electron chi connectivity index (χ2n) is 7.43. The molecule has 1 saturated heterocycles. The van der Waals surface area contributed by atoms with Crippen LogP contribution < -0.4 is 10.2 Å². The maximum Gasteiger partial charge on any atom is 0.414 e. The van der Waals surface area contributed by atoms with E-state index in [4.69, 9.17) is 9.26 Å². The molecule has 9 heteroatoms. The van der Waals surface area contributed by atoms with Crippen LogP contribution >= 0.6 is 0 Å². The number of carbonyl (C=O) groups excluding carboxylic acids is 4. The van der Waals surface area contributed by atoms with Gasteiger partial charge >= 0.3 is 6.09 Å². The Morgan fingerprint density at radius 2 is 2.07 bits per heavy atom. The van der Waals surface area contributed by atoms with Gasteiger partial charge in [-0.3, -0.25) is 19.3 Å². The molecule has 0 spiro atoms. The summed E-state index contributed by atoms with van der Waals surface area (Å²) in [5.74, 6) is -1.65. The molecule has 1 aliphatic carbocycles. The lowest BCUT2D eigenvalue weighted by atomic mass is 9.87. The Morgan fingerprint density at radius 3 is 2.80 bits per heavy atom. The number of nitrogens with zero attached hydrogens (tertiary/aromatic N) is 2. The molecule has 1 N–H and O–H groups in total. The summed E-state index contributed by atoms with van der Waals surface area (Å²) in [6.07, 6.45) is 1.96. The van der Waals surface area contributed by atoms with E-state index in [0.717, 1.165) is 5.56 Å². The van der Waals surface area contributed by atoms with Crippen LogP contribution in [-0.2, 0) is 20.7 Å². The maximum atomic E-state index is 12.9. The van der Waals surface area contributed by atoms with Gasteiger partial charge in [0.1, 0.15) is 17.8 Å². The second kappa shape index (κ2) is 8.10. The van der Waals surface area contributed by atoms with Crippen LogP contribution in [0.5, 0.6) is 0 Å². The monoisotopic (exact) mass is 411 g/mol. The van der Waals surface area contributed by atoms with E-state index in [1.54, 1.807) is 12.1 Å². The molecule has 4 rings (SSSR count). The minimum atomic E-state index is -0.942. The van der Waals surface area contributed by atoms with Crippen LogP contribution in [0.1, 0.15) is 47.4 Å². The van der Waals surface area contributed by atoms with E-state index in [1.165, 1.54) is 24.1 Å². The summed E-state index contributed by atoms with van der Waals surface area (Å²) in [6.45, 7) is 1.95. The van der Waals surface area contributed by atoms with Crippen molar-refractivity contribution in [2.45, 2.75) is 38.2 Å². The van der Waals surface area contributed by atoms with Crippen molar-refractivity contribution in [3.8, 4) is 0 Å². The average Bonchev–Trinajstić information content (AvgIpc) is 3.34. The Labute approximate surface area is 172 Å². The Balaban J connectivity index is 1.60. The molecule has 2 atom stereocenters. The number of anilines is 1. The number of rotatable bonds is 5. The zero-order chi connectivity index (χ0) is 21.3. The summed E-state index contributed by atoms with van der Waals surface area (Å²) in [4.78, 5) is 50.4. The van der Waals surface area contributed by atoms with E-state index >= 15 is 0 Å². The predicted molar refractivity (Wildman–Crippen MR) is 104 cm³/mol. The van der Waals surface area contributed by atoms with E-state index < -0.39 is 23.9 Å². The fraction of sp³-hybridized carbons (Fsp3) is 0.381. The lowest BCUT2D eigenvalue weighted by molar-refractivity contribution is -0.120. The molecule has 0 radical (unpaired) electrons. The van der Waals surface area contributed by atoms with Gasteiger partial charge in [-0.2, -0.15) is 0 Å². The van der Waals surface area contributed by atoms with Crippen LogP contribution in [0.3, 0.4) is 0 Å². The third kappa shape index (κ3) is 3.83. The summed E-state index contributed by atoms with van der Waals surface area (Å²) in [6, 6.07) is 6.71. The first kappa shape index (κ1) is 19.8. The molecule has 2 amide bonds. The van der Waals surface area contributed by atoms with Gasteiger partial charge in [-0.1, -0.05) is 11.2 Å². The number of aryl methyl sites for hydroxylation is 1. The number of benzene rings is 1. The highest BCUT2D eigenvalue weighted by molar-refractivity contribution is 6.14. The molecule has 1 fully saturated rings. The molecule has 0 bridgehead atoms. The van der Waals surface area contributed by atoms with E-state index in [1.807, 2.05) is 6.07 Å². The third-order valence-corrected chi connectivity index (χ3v) is 5.34. The Morgan fingerprint density at radius 1 is 1.23 bits per heavy atom. The van der Waals surface area contributed by atoms with Crippen LogP contribution in [0, 0.1) is 0 Å². The molecule has 2 aliphatic rings. The Hall–Kier alpha value is -3.49. The summed E-state index contributed by atoms with van der Waals surface area (Å²) >= 11 is 0. The number of Topliss-reactive ketones (excluding diaryl/α,β-unsaturated/α-hetero) is 2. The molecule has 1 aromatic carbocycles. The van der Waals surface area contributed by atoms with Crippen LogP contribution in [0.15, 0.2) is 35.0 Å². The highest BCUT2D eigenvalue weighted by Gasteiger charge is 2.36. The van der Waals surface area contributed by atoms with Gasteiger partial charge in [0.05, 0.1) is 19.3 Å². The van der Waals surface area contributed by atoms with Crippen molar-refractivity contribution in [2.24, 2.45) is 0 Å². The van der Waals surface area contributed by atoms with Gasteiger partial charge in [0.2, 0.25) is 17.5 Å². The number of hydrogen-bond acceptors (Lipinski definition) is 7. The molecule has 0 saturated carbocycles. The van der Waals surface area contributed by atoms with E-state index in [0.29, 0.717) is 37.1 Å². The van der Waals surface area contributed by atoms with E-state index in [2.05, 4.69) is 10.5 Å². The SMILES string of the molecule is CC(=O)NC[C@H]1CN(c2ccc3c(c2)CCCC(=O)C3C(=O)c2ccno2)C(=O)O1. The number of ketones is 2. The molecular weight excluding hydrogens is 390 g/mol. The minimum Gasteiger partial charge on any atom is -0.442 e. The Bertz CT molecular complexity index is 1000. The summed E-state index contributed by atoms with van der Waals surface area (Å²) in [5.41, 5.74) is 2.10. The van der Waals surface area contributed by atoms with Gasteiger partial charge in [-0.05, 0) is 36.1 Å². The molecule has 156 valence electrons. The van der Waals surface area contributed by atoms with E-state index in [-0.39, 0.29) is 24.0 Å². The molecule has 2 heterocycles. The van der Waals surface area contributed by atoms with Crippen LogP contribution in [0.25, 0.3) is 0 Å². The lowest BCUT2D eigenvalue weighted by Crippen LogP contribution is -2.33. The largest absolute Gasteiger partial charge is 0.442 e. The fourth-order valence-electron chi connectivity index (χ4n) is 3.90. The summed E-state index contributed by atoms with van der Waals surface area (Å²) in [5, 5.41) is 6.20. The van der Waals surface area contributed by atoms with Gasteiger partial charge in [0.15, 0.2) is 0 Å². The van der Waals surface area contributed by atoms with Gasteiger partial charge in [0.25, 0.3) is 0 Å². The third-order valence-electron chi connectivity index (χ3n) is 5.34. The summed E-state index contributed by atoms with van der Waals surface area (Å²) in [7, 11) is 0. The smallest absolute Gasteiger partial charge is 0.414 e. The minimum absolute atomic E-state index is 0.0502. The molecule has 30 heavy (non-hydrogen) atoms. The van der Waals surface area contributed by atoms with Crippen molar-refractivity contribution in [2.75, 3.05) is 18.0 Å². The van der Waals surface area contributed by atoms with E-state index in [9.17, 15) is 19.2 Å². The zero-order valence-corrected chi connectivity index (χ0v) is 16.4. The van der Waals surface area contributed by atoms with Crippen LogP contribution in [0.2, 0.25) is 0 Å². The lowest BCUT2D eigenvalue weighted by Gasteiger charge is -2.18. The number of fused-ring (bicyclic) bond motifs is 1. The fourth-order valence-corrected chi connectivity index (χ4v) is 3.90. The quantitative estimate of drug-likeness (QED) is 0.454. The first-order chi connectivity index (χ1) is 14.4. The van der Waals surface area contributed by atoms with Crippen molar-refractivity contribution in [3.05, 3.63) is 47.3 Å². The average molecular weight is 411 g/mol. The number of nitrogens with one attached hydrogen (secondary N) is 1. The summed E-state index contributed by atoms with van der Waals surface area (Å²) < 4.78 is 10.3. The first-order valence-corrected chi connectivity index (χ1v) is 9.77. The first-order valence-electron chi connectivity index (χ1n) is 9.77. The van der Waals surface area contributed by atoms with Crippen molar-refractivity contribution in [1.29, 1.82) is 0 Å². The van der Waals surface area contributed by atoms with Crippen molar-refractivity contribution >= 4 is 29.3 Å². The number of ether oxygens (including phenoxy) is 1. The van der Waals surface area contributed by atoms with Crippen molar-refractivity contribution < 1.29 is 28.4 Å².